The monoisotopic (exact) mass is 424 g/mol. The molecule has 0 saturated heterocycles. The molecule has 1 atom stereocenters. The first-order valence-electron chi connectivity index (χ1n) is 10.3. The van der Waals surface area contributed by atoms with E-state index in [1.807, 2.05) is 57.2 Å². The maximum atomic E-state index is 12.5. The Morgan fingerprint density at radius 1 is 1.03 bits per heavy atom. The molecule has 164 valence electrons. The number of anilines is 2. The molecule has 8 heteroatoms. The molecule has 31 heavy (non-hydrogen) atoms. The zero-order chi connectivity index (χ0) is 22.4. The van der Waals surface area contributed by atoms with Crippen LogP contribution < -0.4 is 25.6 Å². The van der Waals surface area contributed by atoms with E-state index >= 15 is 0 Å². The molecule has 0 saturated carbocycles. The Morgan fingerprint density at radius 3 is 2.58 bits per heavy atom. The molecule has 2 aromatic carbocycles. The number of amides is 3. The van der Waals surface area contributed by atoms with Crippen molar-refractivity contribution in [2.45, 2.75) is 26.9 Å². The van der Waals surface area contributed by atoms with E-state index in [4.69, 9.17) is 4.74 Å². The number of hydrogen-bond acceptors (Lipinski definition) is 5. The average Bonchev–Trinajstić information content (AvgIpc) is 2.75. The van der Waals surface area contributed by atoms with Crippen LogP contribution in [0.3, 0.4) is 0 Å². The fraction of sp³-hybridized carbons (Fsp3) is 0.348. The van der Waals surface area contributed by atoms with E-state index in [9.17, 15) is 14.4 Å². The first kappa shape index (κ1) is 22.1. The van der Waals surface area contributed by atoms with Crippen molar-refractivity contribution in [3.8, 4) is 5.75 Å². The third-order valence-corrected chi connectivity index (χ3v) is 5.16. The van der Waals surface area contributed by atoms with E-state index in [2.05, 4.69) is 16.0 Å². The van der Waals surface area contributed by atoms with Crippen LogP contribution in [-0.2, 0) is 14.4 Å². The number of benzene rings is 2. The molecular formula is C23H28N4O4. The second kappa shape index (κ2) is 9.97. The van der Waals surface area contributed by atoms with Gasteiger partial charge in [-0.1, -0.05) is 24.3 Å². The lowest BCUT2D eigenvalue weighted by molar-refractivity contribution is -0.128. The van der Waals surface area contributed by atoms with Gasteiger partial charge in [0, 0.05) is 12.2 Å². The van der Waals surface area contributed by atoms with Gasteiger partial charge in [-0.15, -0.1) is 0 Å². The summed E-state index contributed by atoms with van der Waals surface area (Å²) in [6.07, 6.45) is -0.713. The van der Waals surface area contributed by atoms with Gasteiger partial charge in [-0.25, -0.2) is 0 Å². The number of nitrogens with zero attached hydrogens (tertiary/aromatic N) is 1. The summed E-state index contributed by atoms with van der Waals surface area (Å²) in [7, 11) is 0. The van der Waals surface area contributed by atoms with Crippen molar-refractivity contribution in [1.82, 2.24) is 10.6 Å². The molecule has 0 bridgehead atoms. The summed E-state index contributed by atoms with van der Waals surface area (Å²) in [4.78, 5) is 38.9. The minimum Gasteiger partial charge on any atom is -0.477 e. The van der Waals surface area contributed by atoms with Crippen LogP contribution in [0, 0.1) is 13.8 Å². The minimum atomic E-state index is -0.713. The molecule has 2 aromatic rings. The van der Waals surface area contributed by atoms with E-state index in [1.54, 1.807) is 11.0 Å². The Balaban J connectivity index is 1.59. The number of ether oxygens (including phenoxy) is 1. The lowest BCUT2D eigenvalue weighted by atomic mass is 10.1. The molecule has 3 N–H and O–H groups in total. The molecule has 1 heterocycles. The highest BCUT2D eigenvalue weighted by Gasteiger charge is 2.31. The third kappa shape index (κ3) is 5.53. The van der Waals surface area contributed by atoms with Crippen molar-refractivity contribution < 1.29 is 19.1 Å². The van der Waals surface area contributed by atoms with Gasteiger partial charge in [-0.05, 0) is 50.1 Å². The highest BCUT2D eigenvalue weighted by molar-refractivity contribution is 5.96. The van der Waals surface area contributed by atoms with Crippen LogP contribution in [-0.4, -0.2) is 50.0 Å². The summed E-state index contributed by atoms with van der Waals surface area (Å²) in [6, 6.07) is 12.9. The van der Waals surface area contributed by atoms with Crippen molar-refractivity contribution in [2.75, 3.05) is 36.4 Å². The van der Waals surface area contributed by atoms with Gasteiger partial charge in [0.25, 0.3) is 5.91 Å². The van der Waals surface area contributed by atoms with Gasteiger partial charge in [0.05, 0.1) is 25.3 Å². The second-order valence-corrected chi connectivity index (χ2v) is 7.42. The molecule has 0 spiro atoms. The van der Waals surface area contributed by atoms with E-state index < -0.39 is 6.10 Å². The molecular weight excluding hydrogens is 396 g/mol. The molecule has 0 unspecified atom stereocenters. The van der Waals surface area contributed by atoms with Gasteiger partial charge in [0.2, 0.25) is 11.8 Å². The number of nitrogens with one attached hydrogen (secondary N) is 3. The number of carbonyl (C=O) groups excluding carboxylic acids is 3. The maximum Gasteiger partial charge on any atom is 0.262 e. The summed E-state index contributed by atoms with van der Waals surface area (Å²) in [5.41, 5.74) is 3.53. The molecule has 8 nitrogen and oxygen atoms in total. The SMILES string of the molecule is CCNC(=O)[C@H]1CN(CC(=O)NCC(=O)Nc2cccc(C)c2C)c2ccccc2O1. The quantitative estimate of drug-likeness (QED) is 0.629. The van der Waals surface area contributed by atoms with Gasteiger partial charge in [0.1, 0.15) is 5.75 Å². The van der Waals surface area contributed by atoms with E-state index in [1.165, 1.54) is 0 Å². The standard InChI is InChI=1S/C23H28N4O4/c1-4-24-23(30)20-13-27(18-10-5-6-11-19(18)31-20)14-22(29)25-12-21(28)26-17-9-7-8-15(2)16(17)3/h5-11,20H,4,12-14H2,1-3H3,(H,24,30)(H,25,29)(H,26,28)/t20-/m1/s1. The molecule has 0 aliphatic carbocycles. The number of carbonyl (C=O) groups is 3. The number of para-hydroxylation sites is 2. The number of fused-ring (bicyclic) bond motifs is 1. The Morgan fingerprint density at radius 2 is 1.81 bits per heavy atom. The van der Waals surface area contributed by atoms with Gasteiger partial charge in [-0.2, -0.15) is 0 Å². The summed E-state index contributed by atoms with van der Waals surface area (Å²) in [5, 5.41) is 8.22. The van der Waals surface area contributed by atoms with Crippen LogP contribution in [0.25, 0.3) is 0 Å². The van der Waals surface area contributed by atoms with Gasteiger partial charge in [0.15, 0.2) is 6.10 Å². The highest BCUT2D eigenvalue weighted by Crippen LogP contribution is 2.32. The van der Waals surface area contributed by atoms with Crippen molar-refractivity contribution in [2.24, 2.45) is 0 Å². The summed E-state index contributed by atoms with van der Waals surface area (Å²) in [5.74, 6) is -0.298. The van der Waals surface area contributed by atoms with Crippen LogP contribution >= 0.6 is 0 Å². The van der Waals surface area contributed by atoms with E-state index in [0.717, 1.165) is 22.5 Å². The van der Waals surface area contributed by atoms with Crippen molar-refractivity contribution in [1.29, 1.82) is 0 Å². The Bertz CT molecular complexity index is 976. The minimum absolute atomic E-state index is 0.00698. The predicted molar refractivity (Wildman–Crippen MR) is 119 cm³/mol. The van der Waals surface area contributed by atoms with E-state index in [-0.39, 0.29) is 37.4 Å². The third-order valence-electron chi connectivity index (χ3n) is 5.16. The zero-order valence-electron chi connectivity index (χ0n) is 18.0. The van der Waals surface area contributed by atoms with Crippen LogP contribution in [0.15, 0.2) is 42.5 Å². The number of hydrogen-bond donors (Lipinski definition) is 3. The average molecular weight is 425 g/mol. The Labute approximate surface area is 182 Å². The van der Waals surface area contributed by atoms with Gasteiger partial charge in [-0.3, -0.25) is 14.4 Å². The van der Waals surface area contributed by atoms with Crippen molar-refractivity contribution in [3.05, 3.63) is 53.6 Å². The molecule has 3 amide bonds. The highest BCUT2D eigenvalue weighted by atomic mass is 16.5. The first-order chi connectivity index (χ1) is 14.9. The lowest BCUT2D eigenvalue weighted by Gasteiger charge is -2.35. The first-order valence-corrected chi connectivity index (χ1v) is 10.3. The molecule has 0 radical (unpaired) electrons. The summed E-state index contributed by atoms with van der Waals surface area (Å²) < 4.78 is 5.79. The fourth-order valence-corrected chi connectivity index (χ4v) is 3.37. The topological polar surface area (TPSA) is 99.8 Å². The zero-order valence-corrected chi connectivity index (χ0v) is 18.0. The van der Waals surface area contributed by atoms with Gasteiger partial charge >= 0.3 is 0 Å². The summed E-state index contributed by atoms with van der Waals surface area (Å²) >= 11 is 0. The number of aryl methyl sites for hydroxylation is 1. The molecule has 1 aliphatic heterocycles. The molecule has 0 fully saturated rings. The summed E-state index contributed by atoms with van der Waals surface area (Å²) in [6.45, 7) is 6.35. The number of likely N-dealkylation sites (N-methyl/N-ethyl adjacent to an activating group) is 1. The maximum absolute atomic E-state index is 12.5. The van der Waals surface area contributed by atoms with Crippen LogP contribution in [0.2, 0.25) is 0 Å². The number of rotatable bonds is 7. The Kier molecular flexibility index (Phi) is 7.12. The largest absolute Gasteiger partial charge is 0.477 e. The molecule has 3 rings (SSSR count). The van der Waals surface area contributed by atoms with Crippen LogP contribution in [0.5, 0.6) is 5.75 Å². The predicted octanol–water partition coefficient (Wildman–Crippen LogP) is 1.76. The molecule has 0 aromatic heterocycles. The normalized spacial score (nSPS) is 14.8. The fourth-order valence-electron chi connectivity index (χ4n) is 3.37. The van der Waals surface area contributed by atoms with Gasteiger partial charge < -0.3 is 25.6 Å². The van der Waals surface area contributed by atoms with E-state index in [0.29, 0.717) is 12.3 Å². The van der Waals surface area contributed by atoms with Crippen LogP contribution in [0.1, 0.15) is 18.1 Å². The molecule has 1 aliphatic rings. The second-order valence-electron chi connectivity index (χ2n) is 7.42. The van der Waals surface area contributed by atoms with Crippen LogP contribution in [0.4, 0.5) is 11.4 Å². The lowest BCUT2D eigenvalue weighted by Crippen LogP contribution is -2.51. The van der Waals surface area contributed by atoms with Crippen molar-refractivity contribution in [3.63, 3.8) is 0 Å². The van der Waals surface area contributed by atoms with Crippen molar-refractivity contribution >= 4 is 29.1 Å². The smallest absolute Gasteiger partial charge is 0.262 e. The Hall–Kier alpha value is -3.55.